The molecular formula is C10H15N3O2. The Morgan fingerprint density at radius 3 is 3.13 bits per heavy atom. The Morgan fingerprint density at radius 2 is 2.53 bits per heavy atom. The van der Waals surface area contributed by atoms with Gasteiger partial charge in [-0.05, 0) is 12.8 Å². The quantitative estimate of drug-likeness (QED) is 0.755. The number of hydrogen-bond donors (Lipinski definition) is 2. The van der Waals surface area contributed by atoms with Gasteiger partial charge in [0.15, 0.2) is 0 Å². The summed E-state index contributed by atoms with van der Waals surface area (Å²) in [4.78, 5) is 11.7. The van der Waals surface area contributed by atoms with E-state index in [1.54, 1.807) is 6.07 Å². The van der Waals surface area contributed by atoms with Crippen molar-refractivity contribution in [3.63, 3.8) is 0 Å². The molecule has 1 aliphatic carbocycles. The maximum atomic E-state index is 11.7. The zero-order valence-electron chi connectivity index (χ0n) is 8.48. The Bertz CT molecular complexity index is 323. The summed E-state index contributed by atoms with van der Waals surface area (Å²) in [6.07, 6.45) is 4.37. The minimum Gasteiger partial charge on any atom is -0.364 e. The fourth-order valence-electron chi connectivity index (χ4n) is 1.95. The molecule has 5 nitrogen and oxygen atoms in total. The minimum atomic E-state index is -0.0306. The molecule has 1 heterocycles. The molecule has 1 aromatic heterocycles. The summed E-state index contributed by atoms with van der Waals surface area (Å²) in [5.74, 6) is -0.0000916. The van der Waals surface area contributed by atoms with Crippen molar-refractivity contribution in [2.75, 3.05) is 0 Å². The normalized spacial score (nSPS) is 25.4. The second-order valence-electron chi connectivity index (χ2n) is 3.91. The predicted molar refractivity (Wildman–Crippen MR) is 53.7 cm³/mol. The van der Waals surface area contributed by atoms with Gasteiger partial charge in [0.05, 0.1) is 12.5 Å². The Kier molecular flexibility index (Phi) is 3.01. The first kappa shape index (κ1) is 10.2. The topological polar surface area (TPSA) is 81.2 Å². The molecule has 0 saturated heterocycles. The summed E-state index contributed by atoms with van der Waals surface area (Å²) >= 11 is 0. The van der Waals surface area contributed by atoms with Crippen LogP contribution in [-0.4, -0.2) is 17.1 Å². The van der Waals surface area contributed by atoms with Crippen molar-refractivity contribution in [2.24, 2.45) is 11.7 Å². The molecule has 3 N–H and O–H groups in total. The van der Waals surface area contributed by atoms with E-state index in [2.05, 4.69) is 15.0 Å². The second kappa shape index (κ2) is 4.44. The number of nitrogens with two attached hydrogens (primary N) is 1. The highest BCUT2D eigenvalue weighted by Crippen LogP contribution is 2.23. The van der Waals surface area contributed by atoms with Gasteiger partial charge in [-0.2, -0.15) is 0 Å². The van der Waals surface area contributed by atoms with Crippen molar-refractivity contribution >= 4 is 5.91 Å². The van der Waals surface area contributed by atoms with Crippen LogP contribution in [0.15, 0.2) is 16.9 Å². The molecule has 0 bridgehead atoms. The molecule has 0 radical (unpaired) electrons. The van der Waals surface area contributed by atoms with E-state index in [1.165, 1.54) is 6.26 Å². The zero-order chi connectivity index (χ0) is 10.7. The van der Waals surface area contributed by atoms with Crippen LogP contribution in [0.3, 0.4) is 0 Å². The van der Waals surface area contributed by atoms with E-state index in [0.717, 1.165) is 25.0 Å². The van der Waals surface area contributed by atoms with E-state index < -0.39 is 0 Å². The van der Waals surface area contributed by atoms with E-state index in [1.807, 2.05) is 0 Å². The smallest absolute Gasteiger partial charge is 0.224 e. The van der Waals surface area contributed by atoms with E-state index in [4.69, 9.17) is 5.73 Å². The molecule has 1 aliphatic rings. The Labute approximate surface area is 88.0 Å². The second-order valence-corrected chi connectivity index (χ2v) is 3.91. The average molecular weight is 209 g/mol. The molecule has 5 heteroatoms. The van der Waals surface area contributed by atoms with Gasteiger partial charge >= 0.3 is 0 Å². The van der Waals surface area contributed by atoms with E-state index in [0.29, 0.717) is 6.54 Å². The van der Waals surface area contributed by atoms with Crippen LogP contribution in [0.5, 0.6) is 0 Å². The van der Waals surface area contributed by atoms with Gasteiger partial charge in [-0.1, -0.05) is 11.6 Å². The lowest BCUT2D eigenvalue weighted by molar-refractivity contribution is -0.125. The highest BCUT2D eigenvalue weighted by molar-refractivity contribution is 5.79. The van der Waals surface area contributed by atoms with Crippen molar-refractivity contribution in [3.05, 3.63) is 18.0 Å². The third kappa shape index (κ3) is 2.36. The Morgan fingerprint density at radius 1 is 1.67 bits per heavy atom. The fourth-order valence-corrected chi connectivity index (χ4v) is 1.95. The van der Waals surface area contributed by atoms with Crippen molar-refractivity contribution in [2.45, 2.75) is 31.8 Å². The lowest BCUT2D eigenvalue weighted by Crippen LogP contribution is -2.38. The van der Waals surface area contributed by atoms with Crippen molar-refractivity contribution in [1.82, 2.24) is 10.5 Å². The highest BCUT2D eigenvalue weighted by atomic mass is 16.5. The number of nitrogens with zero attached hydrogens (tertiary/aromatic N) is 1. The number of amides is 1. The van der Waals surface area contributed by atoms with Crippen LogP contribution in [0.2, 0.25) is 0 Å². The zero-order valence-corrected chi connectivity index (χ0v) is 8.48. The van der Waals surface area contributed by atoms with Crippen LogP contribution in [0.4, 0.5) is 0 Å². The maximum Gasteiger partial charge on any atom is 0.224 e. The summed E-state index contributed by atoms with van der Waals surface area (Å²) in [6.45, 7) is 0.415. The molecule has 2 atom stereocenters. The van der Waals surface area contributed by atoms with Gasteiger partial charge in [-0.3, -0.25) is 4.79 Å². The summed E-state index contributed by atoms with van der Waals surface area (Å²) in [6, 6.07) is 1.75. The Balaban J connectivity index is 1.82. The molecule has 1 fully saturated rings. The molecule has 0 aliphatic heterocycles. The van der Waals surface area contributed by atoms with Gasteiger partial charge in [0, 0.05) is 12.1 Å². The number of carbonyl (C=O) groups is 1. The molecular weight excluding hydrogens is 194 g/mol. The van der Waals surface area contributed by atoms with Gasteiger partial charge in [0.25, 0.3) is 0 Å². The van der Waals surface area contributed by atoms with Crippen molar-refractivity contribution in [3.8, 4) is 0 Å². The summed E-state index contributed by atoms with van der Waals surface area (Å²) in [7, 11) is 0. The van der Waals surface area contributed by atoms with Gasteiger partial charge in [0.2, 0.25) is 5.91 Å². The van der Waals surface area contributed by atoms with Crippen LogP contribution >= 0.6 is 0 Å². The van der Waals surface area contributed by atoms with Gasteiger partial charge in [-0.15, -0.1) is 0 Å². The average Bonchev–Trinajstić information content (AvgIpc) is 2.84. The highest BCUT2D eigenvalue weighted by Gasteiger charge is 2.29. The lowest BCUT2D eigenvalue weighted by atomic mass is 10.0. The third-order valence-electron chi connectivity index (χ3n) is 2.84. The largest absolute Gasteiger partial charge is 0.364 e. The van der Waals surface area contributed by atoms with Gasteiger partial charge < -0.3 is 15.6 Å². The van der Waals surface area contributed by atoms with Crippen LogP contribution in [0.1, 0.15) is 25.0 Å². The Hall–Kier alpha value is -1.36. The fraction of sp³-hybridized carbons (Fsp3) is 0.600. The predicted octanol–water partition coefficient (Wildman–Crippen LogP) is 0.418. The molecule has 15 heavy (non-hydrogen) atoms. The van der Waals surface area contributed by atoms with Gasteiger partial charge in [0.1, 0.15) is 12.0 Å². The summed E-state index contributed by atoms with van der Waals surface area (Å²) < 4.78 is 4.67. The molecule has 0 aromatic carbocycles. The molecule has 2 rings (SSSR count). The molecule has 0 spiro atoms. The van der Waals surface area contributed by atoms with Crippen molar-refractivity contribution < 1.29 is 9.32 Å². The lowest BCUT2D eigenvalue weighted by Gasteiger charge is -2.14. The standard InChI is InChI=1S/C10H15N3O2/c11-9-3-1-2-8(9)10(14)12-6-7-4-5-15-13-7/h4-5,8-9H,1-3,6,11H2,(H,12,14). The first-order valence-corrected chi connectivity index (χ1v) is 5.20. The monoisotopic (exact) mass is 209 g/mol. The van der Waals surface area contributed by atoms with Gasteiger partial charge in [-0.25, -0.2) is 0 Å². The van der Waals surface area contributed by atoms with E-state index in [9.17, 15) is 4.79 Å². The van der Waals surface area contributed by atoms with E-state index in [-0.39, 0.29) is 17.9 Å². The summed E-state index contributed by atoms with van der Waals surface area (Å²) in [5, 5.41) is 6.53. The summed E-state index contributed by atoms with van der Waals surface area (Å²) in [5.41, 5.74) is 6.57. The maximum absolute atomic E-state index is 11.7. The molecule has 1 amide bonds. The SMILES string of the molecule is NC1CCCC1C(=O)NCc1ccon1. The first-order chi connectivity index (χ1) is 7.27. The molecule has 2 unspecified atom stereocenters. The van der Waals surface area contributed by atoms with Crippen LogP contribution < -0.4 is 11.1 Å². The number of carbonyl (C=O) groups excluding carboxylic acids is 1. The van der Waals surface area contributed by atoms with Crippen LogP contribution in [-0.2, 0) is 11.3 Å². The first-order valence-electron chi connectivity index (χ1n) is 5.20. The number of nitrogens with one attached hydrogen (secondary N) is 1. The van der Waals surface area contributed by atoms with Crippen LogP contribution in [0, 0.1) is 5.92 Å². The minimum absolute atomic E-state index is 0.0160. The molecule has 1 saturated carbocycles. The molecule has 1 aromatic rings. The van der Waals surface area contributed by atoms with Crippen molar-refractivity contribution in [1.29, 1.82) is 0 Å². The number of aromatic nitrogens is 1. The number of hydrogen-bond acceptors (Lipinski definition) is 4. The molecule has 82 valence electrons. The number of rotatable bonds is 3. The van der Waals surface area contributed by atoms with Crippen LogP contribution in [0.25, 0.3) is 0 Å². The third-order valence-corrected chi connectivity index (χ3v) is 2.84. The van der Waals surface area contributed by atoms with E-state index >= 15 is 0 Å².